The third kappa shape index (κ3) is 40.4. The smallest absolute Gasteiger partial charge is 0.190 e. The van der Waals surface area contributed by atoms with E-state index in [1.807, 2.05) is 140 Å². The molecule has 3 aromatic heterocycles. The van der Waals surface area contributed by atoms with Crippen LogP contribution in [0.15, 0.2) is 250 Å². The summed E-state index contributed by atoms with van der Waals surface area (Å²) in [7, 11) is -16.3. The lowest BCUT2D eigenvalue weighted by Crippen LogP contribution is -2.08. The van der Waals surface area contributed by atoms with E-state index in [1.165, 1.54) is 110 Å². The molecule has 15 rings (SSSR count). The van der Waals surface area contributed by atoms with Gasteiger partial charge in [-0.2, -0.15) is 10.2 Å². The number of hydrogen-bond acceptors (Lipinski definition) is 15. The van der Waals surface area contributed by atoms with E-state index < -0.39 is 66.6 Å². The fourth-order valence-corrected chi connectivity index (χ4v) is 21.6. The Labute approximate surface area is 895 Å². The Morgan fingerprint density at radius 2 is 0.644 bits per heavy atom. The van der Waals surface area contributed by atoms with Gasteiger partial charge in [0, 0.05) is 40.7 Å². The van der Waals surface area contributed by atoms with Crippen molar-refractivity contribution >= 4 is 83.8 Å². The van der Waals surface area contributed by atoms with E-state index in [2.05, 4.69) is 167 Å². The molecular weight excluding hydrogens is 2030 g/mol. The molecule has 804 valence electrons. The Balaban J connectivity index is 0.000000289. The predicted molar refractivity (Wildman–Crippen MR) is 599 cm³/mol. The molecule has 0 N–H and O–H groups in total. The third-order valence-electron chi connectivity index (χ3n) is 24.1. The minimum Gasteiger partial charge on any atom is -0.261 e. The van der Waals surface area contributed by atoms with Crippen LogP contribution in [0.2, 0.25) is 10.0 Å². The highest BCUT2D eigenvalue weighted by Gasteiger charge is 2.38. The van der Waals surface area contributed by atoms with Crippen molar-refractivity contribution < 1.29 is 64.0 Å². The second kappa shape index (κ2) is 58.3. The molecule has 0 amide bonds. The Morgan fingerprint density at radius 3 is 0.960 bits per heavy atom. The molecule has 0 spiro atoms. The van der Waals surface area contributed by atoms with Crippen LogP contribution in [0.3, 0.4) is 0 Å². The van der Waals surface area contributed by atoms with Gasteiger partial charge in [0.2, 0.25) is 0 Å². The maximum absolute atomic E-state index is 13.7. The van der Waals surface area contributed by atoms with E-state index in [1.54, 1.807) is 78.3 Å². The summed E-state index contributed by atoms with van der Waals surface area (Å²) < 4.78 is 185. The molecule has 149 heavy (non-hydrogen) atoms. The van der Waals surface area contributed by atoms with Gasteiger partial charge in [-0.1, -0.05) is 284 Å². The van der Waals surface area contributed by atoms with Crippen LogP contribution in [-0.4, -0.2) is 106 Å². The van der Waals surface area contributed by atoms with E-state index in [9.17, 15) is 64.0 Å². The Morgan fingerprint density at radius 1 is 0.322 bits per heavy atom. The van der Waals surface area contributed by atoms with Gasteiger partial charge in [-0.15, -0.1) is 0 Å². The highest BCUT2D eigenvalue weighted by molar-refractivity contribution is 7.93. The first-order valence-corrected chi connectivity index (χ1v) is 59.1. The van der Waals surface area contributed by atoms with Gasteiger partial charge in [0.05, 0.1) is 54.6 Å². The van der Waals surface area contributed by atoms with Crippen molar-refractivity contribution in [2.45, 2.75) is 313 Å². The molecular formula is C118H148Cl2F5N9O10S5. The lowest BCUT2D eigenvalue weighted by Gasteiger charge is -2.11. The first kappa shape index (κ1) is 128. The quantitative estimate of drug-likeness (QED) is 0.0508. The molecule has 2 fully saturated rings. The molecule has 13 aromatic rings. The Kier molecular flexibility index (Phi) is 50.1. The van der Waals surface area contributed by atoms with Gasteiger partial charge in [0.25, 0.3) is 0 Å². The molecule has 0 bridgehead atoms. The summed E-state index contributed by atoms with van der Waals surface area (Å²) in [5.41, 5.74) is 20.1. The van der Waals surface area contributed by atoms with Gasteiger partial charge in [-0.3, -0.25) is 4.98 Å². The number of aromatic nitrogens is 7. The van der Waals surface area contributed by atoms with Crippen molar-refractivity contribution in [3.63, 3.8) is 0 Å². The first-order valence-electron chi connectivity index (χ1n) is 49.6. The molecule has 2 aliphatic carbocycles. The second-order valence-corrected chi connectivity index (χ2v) is 51.7. The van der Waals surface area contributed by atoms with Gasteiger partial charge in [-0.25, -0.2) is 93.1 Å². The molecule has 10 aromatic carbocycles. The van der Waals surface area contributed by atoms with Gasteiger partial charge in [-0.05, 0) is 295 Å². The Bertz CT molecular complexity index is 6970. The summed E-state index contributed by atoms with van der Waals surface area (Å²) in [6.45, 7) is 68.9. The molecule has 0 unspecified atom stereocenters. The maximum Gasteiger partial charge on any atom is 0.190 e. The van der Waals surface area contributed by atoms with E-state index in [0.29, 0.717) is 91.4 Å². The predicted octanol–water partition coefficient (Wildman–Crippen LogP) is 32.2. The van der Waals surface area contributed by atoms with E-state index in [4.69, 9.17) is 36.3 Å². The number of nitrogens with zero attached hydrogens (tertiary/aromatic N) is 9. The summed E-state index contributed by atoms with van der Waals surface area (Å²) in [4.78, 5) is 19.0. The number of rotatable bonds is 20. The average molecular weight is 2180 g/mol. The summed E-state index contributed by atoms with van der Waals surface area (Å²) >= 11 is 12.1. The number of halogens is 7. The van der Waals surface area contributed by atoms with Crippen LogP contribution in [0.1, 0.15) is 332 Å². The van der Waals surface area contributed by atoms with Crippen LogP contribution in [0.5, 0.6) is 0 Å². The molecule has 0 aliphatic heterocycles. The average Bonchev–Trinajstić information content (AvgIpc) is 1.65. The lowest BCUT2D eigenvalue weighted by atomic mass is 9.97. The van der Waals surface area contributed by atoms with Crippen LogP contribution in [0.25, 0.3) is 21.1 Å². The van der Waals surface area contributed by atoms with Crippen molar-refractivity contribution in [1.82, 2.24) is 34.5 Å². The topological polar surface area (TPSA) is 254 Å². The number of pyridine rings is 1. The van der Waals surface area contributed by atoms with Crippen LogP contribution in [0, 0.1) is 76.8 Å². The van der Waals surface area contributed by atoms with Gasteiger partial charge in [0.1, 0.15) is 59.3 Å². The van der Waals surface area contributed by atoms with Crippen LogP contribution in [0.4, 0.5) is 33.3 Å². The van der Waals surface area contributed by atoms with Crippen molar-refractivity contribution in [1.29, 1.82) is 0 Å². The summed E-state index contributed by atoms with van der Waals surface area (Å²) in [6.07, 6.45) is 14.3. The van der Waals surface area contributed by atoms with Gasteiger partial charge < -0.3 is 0 Å². The minimum absolute atomic E-state index is 0.0272. The van der Waals surface area contributed by atoms with E-state index in [-0.39, 0.29) is 71.3 Å². The van der Waals surface area contributed by atoms with Crippen LogP contribution < -0.4 is 0 Å². The normalized spacial score (nSPS) is 12.3. The molecule has 2 saturated carbocycles. The summed E-state index contributed by atoms with van der Waals surface area (Å²) in [5.74, 6) is 1.62. The number of hydrogen-bond donors (Lipinski definition) is 0. The molecule has 3 heterocycles. The maximum atomic E-state index is 13.7. The SMILES string of the molecule is CC(C)c1ccc(-n2cncn2)cc1F.CC(C)c1ccc(S(=O)(=O)C2CC2)cc1Cl.CC(C)c1ccc(S(=O)(=O)C2CC2)cc1F.CC(C)c1ccc(S(C)(=O)=O)c(F)c1.CC(C)c1ccc(S(C)(=O)=O)cc1Cl.CC(C)c1ccc(S(C)(=O)=O)cc1F.Cc1cc(-n2cncn2)ccc1C(C)C.Cc1ccc(C(C)C)c(C)c1.Cc1ncccc1C(C)C.[C-]#[N+]c1ccc(C(C)C)c(C)c1.[C-]#[N+]c1ccc(C(C)C)c(F)c1. The molecule has 2 aliphatic rings. The zero-order valence-electron chi connectivity index (χ0n) is 91.5. The lowest BCUT2D eigenvalue weighted by molar-refractivity contribution is 0.568. The van der Waals surface area contributed by atoms with Crippen LogP contribution >= 0.6 is 23.2 Å². The zero-order chi connectivity index (χ0) is 113. The molecule has 0 radical (unpaired) electrons. The zero-order valence-corrected chi connectivity index (χ0v) is 97.1. The molecule has 31 heteroatoms. The van der Waals surface area contributed by atoms with Crippen molar-refractivity contribution in [3.8, 4) is 11.4 Å². The van der Waals surface area contributed by atoms with Crippen molar-refractivity contribution in [2.75, 3.05) is 18.8 Å². The Hall–Kier alpha value is -11.4. The van der Waals surface area contributed by atoms with Gasteiger partial charge in [0.15, 0.2) is 60.6 Å². The van der Waals surface area contributed by atoms with Crippen molar-refractivity contribution in [3.05, 3.63) is 377 Å². The fourth-order valence-electron chi connectivity index (χ4n) is 15.3. The van der Waals surface area contributed by atoms with Crippen molar-refractivity contribution in [2.24, 2.45) is 0 Å². The monoisotopic (exact) mass is 2180 g/mol. The highest BCUT2D eigenvalue weighted by atomic mass is 35.5. The van der Waals surface area contributed by atoms with Crippen LogP contribution in [-0.2, 0) is 49.2 Å². The fraction of sp³-hybridized carbons (Fsp3) is 0.398. The van der Waals surface area contributed by atoms with Gasteiger partial charge >= 0.3 is 0 Å². The second-order valence-electron chi connectivity index (χ2n) is 40.4. The summed E-state index contributed by atoms with van der Waals surface area (Å²) in [5, 5.41) is 8.66. The number of sulfone groups is 5. The largest absolute Gasteiger partial charge is 0.261 e. The molecule has 0 atom stereocenters. The number of benzene rings is 10. The molecule has 19 nitrogen and oxygen atoms in total. The standard InChI is InChI=1S/C12H15ClO2S.C12H15FO2S.C12H15N3.C11H12FN3.C11H13N.C11H16.C10H13ClO2S.C10H10FN.2C10H13FO2S.C9H13N/c2*1-8(2)11-6-5-10(7-12(11)13)16(14,15)9-3-4-9;1-9(2)12-5-4-11(6-10(12)3)15-8-13-7-14-15;1-8(2)10-4-3-9(5-11(10)12)15-7-13-6-14-15;1-8(2)11-6-5-10(12-4)7-9(11)3;1-8(2)11-6-5-9(3)7-10(11)4;1-7(2)9-5-4-8(6-10(9)11)14(3,12)13;1-7(2)9-5-4-8(12-3)6-10(9)11;1-7(2)9-5-4-8(6-10(9)11)14(3,12)13;1-7(2)8-4-5-10(9(11)6-8)14(3,12)13;1-7(2)9-5-4-6-10-8(9)3/h2*5-9H,3-4H2,1-2H3;4-9H,1-3H3;3-8H,1-2H3;5-8H,1-3H3;5-8H,1-4H3;4-7H,1-3H3;4-7H,1-2H3;2*4-7H,1-3H3;4-7H,1-3H3. The summed E-state index contributed by atoms with van der Waals surface area (Å²) in [6, 6.07) is 55.2. The molecule has 0 saturated heterocycles. The minimum atomic E-state index is -3.45. The van der Waals surface area contributed by atoms with E-state index in [0.717, 1.165) is 76.8 Å². The third-order valence-corrected chi connectivity index (χ3v) is 32.7. The first-order chi connectivity index (χ1) is 69.3. The highest BCUT2D eigenvalue weighted by Crippen LogP contribution is 2.39. The number of aryl methyl sites for hydroxylation is 5. The van der Waals surface area contributed by atoms with E-state index >= 15 is 0 Å².